The van der Waals surface area contributed by atoms with Crippen molar-refractivity contribution in [2.45, 2.75) is 32.0 Å². The van der Waals surface area contributed by atoms with E-state index >= 15 is 0 Å². The molecule has 2 amide bonds. The van der Waals surface area contributed by atoms with Crippen molar-refractivity contribution in [3.05, 3.63) is 40.0 Å². The molecule has 2 aliphatic rings. The molecule has 30 heavy (non-hydrogen) atoms. The highest BCUT2D eigenvalue weighted by Crippen LogP contribution is 2.23. The number of rotatable bonds is 7. The summed E-state index contributed by atoms with van der Waals surface area (Å²) in [4.78, 5) is 37.2. The molecule has 0 spiro atoms. The first-order valence-corrected chi connectivity index (χ1v) is 10.9. The lowest BCUT2D eigenvalue weighted by Gasteiger charge is -2.39. The molecule has 3 N–H and O–H groups in total. The molecule has 0 radical (unpaired) electrons. The third-order valence-electron chi connectivity index (χ3n) is 5.43. The van der Waals surface area contributed by atoms with Crippen LogP contribution in [0.5, 0.6) is 0 Å². The fourth-order valence-electron chi connectivity index (χ4n) is 3.72. The van der Waals surface area contributed by atoms with E-state index in [1.165, 1.54) is 16.8 Å². The SMILES string of the molecule is CC(=O)N1CC(Nc2cc(C(=O)NC[C@H](O)CN3CCc4sccc4C3)ncn2)C1. The summed E-state index contributed by atoms with van der Waals surface area (Å²) in [7, 11) is 0. The topological polar surface area (TPSA) is 111 Å². The van der Waals surface area contributed by atoms with Crippen LogP contribution in [0.4, 0.5) is 5.82 Å². The highest BCUT2D eigenvalue weighted by atomic mass is 32.1. The lowest BCUT2D eigenvalue weighted by molar-refractivity contribution is -0.132. The summed E-state index contributed by atoms with van der Waals surface area (Å²) in [5, 5.41) is 18.4. The van der Waals surface area contributed by atoms with Gasteiger partial charge in [-0.2, -0.15) is 0 Å². The van der Waals surface area contributed by atoms with E-state index in [0.717, 1.165) is 19.5 Å². The van der Waals surface area contributed by atoms with E-state index in [4.69, 9.17) is 0 Å². The van der Waals surface area contributed by atoms with Crippen LogP contribution in [-0.2, 0) is 17.8 Å². The second-order valence-electron chi connectivity index (χ2n) is 7.77. The van der Waals surface area contributed by atoms with Crippen molar-refractivity contribution in [3.8, 4) is 0 Å². The van der Waals surface area contributed by atoms with Crippen LogP contribution in [0.15, 0.2) is 23.8 Å². The normalized spacial score (nSPS) is 17.7. The number of anilines is 1. The van der Waals surface area contributed by atoms with Crippen LogP contribution >= 0.6 is 11.3 Å². The molecule has 1 saturated heterocycles. The average Bonchev–Trinajstić information content (AvgIpc) is 3.16. The number of nitrogens with one attached hydrogen (secondary N) is 2. The average molecular weight is 431 g/mol. The molecule has 2 aliphatic heterocycles. The third kappa shape index (κ3) is 4.94. The number of fused-ring (bicyclic) bond motifs is 1. The number of aromatic nitrogens is 2. The number of β-amino-alcohol motifs (C(OH)–C–C–N with tert-alkyl or cyclic N) is 1. The summed E-state index contributed by atoms with van der Waals surface area (Å²) in [5.74, 6) is 0.246. The first-order chi connectivity index (χ1) is 14.5. The predicted molar refractivity (Wildman–Crippen MR) is 113 cm³/mol. The molecule has 0 unspecified atom stereocenters. The number of aliphatic hydroxyl groups is 1. The van der Waals surface area contributed by atoms with Crippen molar-refractivity contribution in [3.63, 3.8) is 0 Å². The maximum absolute atomic E-state index is 12.4. The number of nitrogens with zero attached hydrogens (tertiary/aromatic N) is 4. The van der Waals surface area contributed by atoms with Gasteiger partial charge in [-0.1, -0.05) is 0 Å². The van der Waals surface area contributed by atoms with Crippen molar-refractivity contribution in [1.29, 1.82) is 0 Å². The molecule has 0 aliphatic carbocycles. The lowest BCUT2D eigenvalue weighted by Crippen LogP contribution is -2.56. The smallest absolute Gasteiger partial charge is 0.270 e. The summed E-state index contributed by atoms with van der Waals surface area (Å²) in [6.45, 7) is 5.22. The maximum Gasteiger partial charge on any atom is 0.270 e. The zero-order valence-electron chi connectivity index (χ0n) is 16.9. The monoisotopic (exact) mass is 430 g/mol. The second kappa shape index (κ2) is 9.07. The number of amides is 2. The largest absolute Gasteiger partial charge is 0.390 e. The molecule has 160 valence electrons. The van der Waals surface area contributed by atoms with Crippen molar-refractivity contribution in [1.82, 2.24) is 25.1 Å². The van der Waals surface area contributed by atoms with Gasteiger partial charge in [-0.25, -0.2) is 9.97 Å². The van der Waals surface area contributed by atoms with Crippen LogP contribution in [0.25, 0.3) is 0 Å². The molecule has 9 nitrogen and oxygen atoms in total. The van der Waals surface area contributed by atoms with E-state index in [-0.39, 0.29) is 30.1 Å². The highest BCUT2D eigenvalue weighted by molar-refractivity contribution is 7.10. The van der Waals surface area contributed by atoms with E-state index in [9.17, 15) is 14.7 Å². The van der Waals surface area contributed by atoms with E-state index < -0.39 is 6.10 Å². The molecular weight excluding hydrogens is 404 g/mol. The van der Waals surface area contributed by atoms with E-state index in [1.807, 2.05) is 0 Å². The minimum Gasteiger partial charge on any atom is -0.390 e. The number of carbonyl (C=O) groups is 2. The summed E-state index contributed by atoms with van der Waals surface area (Å²) < 4.78 is 0. The Balaban J connectivity index is 1.22. The summed E-state index contributed by atoms with van der Waals surface area (Å²) in [6.07, 6.45) is 1.69. The molecule has 4 heterocycles. The fourth-order valence-corrected chi connectivity index (χ4v) is 4.61. The summed E-state index contributed by atoms with van der Waals surface area (Å²) >= 11 is 1.79. The van der Waals surface area contributed by atoms with Crippen molar-refractivity contribution in [2.75, 3.05) is 38.0 Å². The molecule has 0 aromatic carbocycles. The first kappa shape index (κ1) is 20.7. The van der Waals surface area contributed by atoms with Crippen LogP contribution in [-0.4, -0.2) is 81.6 Å². The van der Waals surface area contributed by atoms with Crippen molar-refractivity contribution in [2.24, 2.45) is 0 Å². The molecule has 0 bridgehead atoms. The number of likely N-dealkylation sites (tertiary alicyclic amines) is 1. The number of carbonyl (C=O) groups excluding carboxylic acids is 2. The molecule has 1 fully saturated rings. The van der Waals surface area contributed by atoms with Crippen LogP contribution in [0.3, 0.4) is 0 Å². The number of hydrogen-bond donors (Lipinski definition) is 3. The Bertz CT molecular complexity index is 913. The second-order valence-corrected chi connectivity index (χ2v) is 8.77. The van der Waals surface area contributed by atoms with Gasteiger partial charge in [-0.05, 0) is 23.4 Å². The van der Waals surface area contributed by atoms with Crippen molar-refractivity contribution >= 4 is 29.0 Å². The minimum absolute atomic E-state index is 0.0506. The third-order valence-corrected chi connectivity index (χ3v) is 6.46. The van der Waals surface area contributed by atoms with Gasteiger partial charge in [0.2, 0.25) is 5.91 Å². The molecule has 1 atom stereocenters. The van der Waals surface area contributed by atoms with Crippen LogP contribution in [0.1, 0.15) is 27.9 Å². The van der Waals surface area contributed by atoms with Crippen molar-refractivity contribution < 1.29 is 14.7 Å². The number of thiophene rings is 1. The highest BCUT2D eigenvalue weighted by Gasteiger charge is 2.28. The minimum atomic E-state index is -0.652. The molecule has 2 aromatic rings. The Morgan fingerprint density at radius 2 is 2.20 bits per heavy atom. The Labute approximate surface area is 179 Å². The Morgan fingerprint density at radius 1 is 1.37 bits per heavy atom. The van der Waals surface area contributed by atoms with Gasteiger partial charge in [0.1, 0.15) is 17.8 Å². The lowest BCUT2D eigenvalue weighted by atomic mass is 10.1. The van der Waals surface area contributed by atoms with Gasteiger partial charge in [0.25, 0.3) is 5.91 Å². The molecule has 10 heteroatoms. The molecule has 2 aromatic heterocycles. The molecule has 4 rings (SSSR count). The molecule has 0 saturated carbocycles. The van der Waals surface area contributed by atoms with Crippen LogP contribution < -0.4 is 10.6 Å². The van der Waals surface area contributed by atoms with Crippen LogP contribution in [0.2, 0.25) is 0 Å². The van der Waals surface area contributed by atoms with Gasteiger partial charge in [0, 0.05) is 57.1 Å². The zero-order valence-corrected chi connectivity index (χ0v) is 17.7. The van der Waals surface area contributed by atoms with Gasteiger partial charge in [0.15, 0.2) is 0 Å². The number of hydrogen-bond acceptors (Lipinski definition) is 8. The Hall–Kier alpha value is -2.56. The Morgan fingerprint density at radius 3 is 3.00 bits per heavy atom. The predicted octanol–water partition coefficient (Wildman–Crippen LogP) is 0.330. The molecular formula is C20H26N6O3S. The van der Waals surface area contributed by atoms with Crippen LogP contribution in [0, 0.1) is 0 Å². The van der Waals surface area contributed by atoms with Gasteiger partial charge < -0.3 is 20.6 Å². The zero-order chi connectivity index (χ0) is 21.1. The maximum atomic E-state index is 12.4. The number of aliphatic hydroxyl groups excluding tert-OH is 1. The Kier molecular flexibility index (Phi) is 6.26. The van der Waals surface area contributed by atoms with E-state index in [2.05, 4.69) is 36.9 Å². The van der Waals surface area contributed by atoms with Gasteiger partial charge in [0.05, 0.1) is 12.1 Å². The summed E-state index contributed by atoms with van der Waals surface area (Å²) in [6, 6.07) is 3.85. The van der Waals surface area contributed by atoms with E-state index in [0.29, 0.717) is 25.5 Å². The quantitative estimate of drug-likeness (QED) is 0.581. The van der Waals surface area contributed by atoms with Gasteiger partial charge in [-0.15, -0.1) is 11.3 Å². The van der Waals surface area contributed by atoms with Gasteiger partial charge >= 0.3 is 0 Å². The van der Waals surface area contributed by atoms with E-state index in [1.54, 1.807) is 29.2 Å². The summed E-state index contributed by atoms with van der Waals surface area (Å²) in [5.41, 5.74) is 1.57. The fraction of sp³-hybridized carbons (Fsp3) is 0.500. The standard InChI is InChI=1S/C20H26N6O3S/c1-13(27)26-9-15(10-26)24-19-6-17(22-12-23-19)20(29)21-7-16(28)11-25-4-2-18-14(8-25)3-5-30-18/h3,5-6,12,15-16,28H,2,4,7-11H2,1H3,(H,21,29)(H,22,23,24)/t16-/m0/s1. The van der Waals surface area contributed by atoms with Gasteiger partial charge in [-0.3, -0.25) is 14.5 Å². The first-order valence-electron chi connectivity index (χ1n) is 10.1.